The van der Waals surface area contributed by atoms with E-state index in [1.54, 1.807) is 6.08 Å². The molecular weight excluding hydrogens is 167 g/mol. The number of ether oxygens (including phenoxy) is 1. The highest BCUT2D eigenvalue weighted by Gasteiger charge is 1.99. The Balaban J connectivity index is 2.89. The molecule has 0 fully saturated rings. The van der Waals surface area contributed by atoms with Gasteiger partial charge in [-0.05, 0) is 31.0 Å². The van der Waals surface area contributed by atoms with Gasteiger partial charge < -0.3 is 4.74 Å². The van der Waals surface area contributed by atoms with E-state index in [1.807, 2.05) is 13.0 Å². The van der Waals surface area contributed by atoms with Crippen LogP contribution >= 0.6 is 0 Å². The van der Waals surface area contributed by atoms with Gasteiger partial charge in [-0.25, -0.2) is 4.39 Å². The molecule has 0 spiro atoms. The highest BCUT2D eigenvalue weighted by Crippen LogP contribution is 2.16. The SMILES string of the molecule is C=CCc1cc(F)cc(OCC)c1. The van der Waals surface area contributed by atoms with Crippen LogP contribution in [0.25, 0.3) is 0 Å². The van der Waals surface area contributed by atoms with Gasteiger partial charge in [0.15, 0.2) is 0 Å². The minimum Gasteiger partial charge on any atom is -0.494 e. The Kier molecular flexibility index (Phi) is 3.50. The van der Waals surface area contributed by atoms with Crippen molar-refractivity contribution < 1.29 is 9.13 Å². The second-order valence-corrected chi connectivity index (χ2v) is 2.72. The predicted molar refractivity (Wildman–Crippen MR) is 51.5 cm³/mol. The highest BCUT2D eigenvalue weighted by atomic mass is 19.1. The van der Waals surface area contributed by atoms with Gasteiger partial charge in [-0.1, -0.05) is 6.08 Å². The summed E-state index contributed by atoms with van der Waals surface area (Å²) in [6, 6.07) is 4.70. The lowest BCUT2D eigenvalue weighted by molar-refractivity contribution is 0.338. The summed E-state index contributed by atoms with van der Waals surface area (Å²) < 4.78 is 18.2. The number of hydrogen-bond donors (Lipinski definition) is 0. The average Bonchev–Trinajstić information content (AvgIpc) is 2.04. The summed E-state index contributed by atoms with van der Waals surface area (Å²) in [5.74, 6) is 0.321. The third-order valence-corrected chi connectivity index (χ3v) is 1.62. The van der Waals surface area contributed by atoms with Gasteiger partial charge in [0, 0.05) is 6.07 Å². The van der Waals surface area contributed by atoms with Crippen molar-refractivity contribution in [1.29, 1.82) is 0 Å². The van der Waals surface area contributed by atoms with E-state index in [4.69, 9.17) is 4.74 Å². The van der Waals surface area contributed by atoms with Gasteiger partial charge in [-0.2, -0.15) is 0 Å². The minimum absolute atomic E-state index is 0.261. The Morgan fingerprint density at radius 1 is 1.46 bits per heavy atom. The molecule has 1 nitrogen and oxygen atoms in total. The summed E-state index contributed by atoms with van der Waals surface area (Å²) in [5.41, 5.74) is 0.887. The molecule has 0 N–H and O–H groups in total. The van der Waals surface area contributed by atoms with Crippen LogP contribution in [0.5, 0.6) is 5.75 Å². The molecule has 1 aromatic carbocycles. The fourth-order valence-electron chi connectivity index (χ4n) is 1.16. The summed E-state index contributed by atoms with van der Waals surface area (Å²) in [7, 11) is 0. The van der Waals surface area contributed by atoms with Crippen molar-refractivity contribution in [1.82, 2.24) is 0 Å². The molecule has 0 aliphatic carbocycles. The molecule has 0 saturated carbocycles. The lowest BCUT2D eigenvalue weighted by Gasteiger charge is -2.05. The molecule has 0 amide bonds. The number of halogens is 1. The maximum absolute atomic E-state index is 13.0. The van der Waals surface area contributed by atoms with Gasteiger partial charge in [0.05, 0.1) is 6.61 Å². The molecule has 0 saturated heterocycles. The van der Waals surface area contributed by atoms with E-state index in [9.17, 15) is 4.39 Å². The molecule has 0 atom stereocenters. The van der Waals surface area contributed by atoms with Crippen molar-refractivity contribution in [2.24, 2.45) is 0 Å². The van der Waals surface area contributed by atoms with Crippen LogP contribution in [0.2, 0.25) is 0 Å². The first-order valence-corrected chi connectivity index (χ1v) is 4.29. The van der Waals surface area contributed by atoms with E-state index >= 15 is 0 Å². The average molecular weight is 180 g/mol. The standard InChI is InChI=1S/C11H13FO/c1-3-5-9-6-10(12)8-11(7-9)13-4-2/h3,6-8H,1,4-5H2,2H3. The maximum atomic E-state index is 13.0. The van der Waals surface area contributed by atoms with Crippen molar-refractivity contribution in [3.8, 4) is 5.75 Å². The van der Waals surface area contributed by atoms with E-state index in [-0.39, 0.29) is 5.82 Å². The van der Waals surface area contributed by atoms with Crippen LogP contribution in [0.15, 0.2) is 30.9 Å². The summed E-state index contributed by atoms with van der Waals surface area (Å²) in [6.45, 7) is 6.02. The molecule has 0 aliphatic heterocycles. The van der Waals surface area contributed by atoms with Gasteiger partial charge in [0.25, 0.3) is 0 Å². The molecule has 1 aromatic rings. The van der Waals surface area contributed by atoms with E-state index in [2.05, 4.69) is 6.58 Å². The smallest absolute Gasteiger partial charge is 0.127 e. The lowest BCUT2D eigenvalue weighted by Crippen LogP contribution is -1.93. The molecule has 70 valence electrons. The van der Waals surface area contributed by atoms with E-state index in [0.717, 1.165) is 5.56 Å². The quantitative estimate of drug-likeness (QED) is 0.647. The van der Waals surface area contributed by atoms with Crippen LogP contribution in [-0.2, 0) is 6.42 Å². The lowest BCUT2D eigenvalue weighted by atomic mass is 10.1. The van der Waals surface area contributed by atoms with Crippen molar-refractivity contribution in [3.05, 3.63) is 42.2 Å². The Hall–Kier alpha value is -1.31. The molecule has 0 heterocycles. The molecule has 0 radical (unpaired) electrons. The number of rotatable bonds is 4. The first-order chi connectivity index (χ1) is 6.26. The van der Waals surface area contributed by atoms with Crippen LogP contribution in [0, 0.1) is 5.82 Å². The predicted octanol–water partition coefficient (Wildman–Crippen LogP) is 2.95. The Morgan fingerprint density at radius 3 is 2.85 bits per heavy atom. The summed E-state index contributed by atoms with van der Waals surface area (Å²) in [6.07, 6.45) is 2.41. The van der Waals surface area contributed by atoms with Crippen molar-refractivity contribution in [3.63, 3.8) is 0 Å². The number of hydrogen-bond acceptors (Lipinski definition) is 1. The van der Waals surface area contributed by atoms with Crippen LogP contribution in [0.3, 0.4) is 0 Å². The first-order valence-electron chi connectivity index (χ1n) is 4.29. The molecular formula is C11H13FO. The zero-order valence-electron chi connectivity index (χ0n) is 7.72. The van der Waals surface area contributed by atoms with Gasteiger partial charge in [0.2, 0.25) is 0 Å². The molecule has 2 heteroatoms. The van der Waals surface area contributed by atoms with Gasteiger partial charge >= 0.3 is 0 Å². The van der Waals surface area contributed by atoms with Gasteiger partial charge in [-0.3, -0.25) is 0 Å². The van der Waals surface area contributed by atoms with Crippen LogP contribution < -0.4 is 4.74 Å². The molecule has 0 bridgehead atoms. The molecule has 0 aliphatic rings. The third-order valence-electron chi connectivity index (χ3n) is 1.62. The summed E-state index contributed by atoms with van der Waals surface area (Å²) >= 11 is 0. The van der Waals surface area contributed by atoms with Crippen LogP contribution in [0.1, 0.15) is 12.5 Å². The van der Waals surface area contributed by atoms with Crippen molar-refractivity contribution in [2.75, 3.05) is 6.61 Å². The second-order valence-electron chi connectivity index (χ2n) is 2.72. The first kappa shape index (κ1) is 9.78. The zero-order chi connectivity index (χ0) is 9.68. The molecule has 13 heavy (non-hydrogen) atoms. The second kappa shape index (κ2) is 4.65. The third kappa shape index (κ3) is 2.90. The fourth-order valence-corrected chi connectivity index (χ4v) is 1.16. The van der Waals surface area contributed by atoms with Crippen molar-refractivity contribution in [2.45, 2.75) is 13.3 Å². The molecule has 0 unspecified atom stereocenters. The number of benzene rings is 1. The zero-order valence-corrected chi connectivity index (χ0v) is 7.72. The number of allylic oxidation sites excluding steroid dienone is 1. The Bertz CT molecular complexity index is 294. The van der Waals surface area contributed by atoms with Gasteiger partial charge in [-0.15, -0.1) is 6.58 Å². The fraction of sp³-hybridized carbons (Fsp3) is 0.273. The highest BCUT2D eigenvalue weighted by molar-refractivity contribution is 5.30. The normalized spacial score (nSPS) is 9.69. The van der Waals surface area contributed by atoms with E-state index in [1.165, 1.54) is 12.1 Å². The van der Waals surface area contributed by atoms with Crippen molar-refractivity contribution >= 4 is 0 Å². The summed E-state index contributed by atoms with van der Waals surface area (Å²) in [4.78, 5) is 0. The minimum atomic E-state index is -0.261. The van der Waals surface area contributed by atoms with Crippen LogP contribution in [-0.4, -0.2) is 6.61 Å². The Morgan fingerprint density at radius 2 is 2.23 bits per heavy atom. The van der Waals surface area contributed by atoms with E-state index in [0.29, 0.717) is 18.8 Å². The topological polar surface area (TPSA) is 9.23 Å². The maximum Gasteiger partial charge on any atom is 0.127 e. The molecule has 0 aromatic heterocycles. The van der Waals surface area contributed by atoms with E-state index < -0.39 is 0 Å². The van der Waals surface area contributed by atoms with Gasteiger partial charge in [0.1, 0.15) is 11.6 Å². The monoisotopic (exact) mass is 180 g/mol. The molecule has 1 rings (SSSR count). The van der Waals surface area contributed by atoms with Crippen LogP contribution in [0.4, 0.5) is 4.39 Å². The summed E-state index contributed by atoms with van der Waals surface area (Å²) in [5, 5.41) is 0. The largest absolute Gasteiger partial charge is 0.494 e. The Labute approximate surface area is 77.8 Å².